The zero-order valence-electron chi connectivity index (χ0n) is 8.02. The molecule has 1 unspecified atom stereocenters. The molecule has 1 aliphatic rings. The molecule has 0 aliphatic carbocycles. The van der Waals surface area contributed by atoms with Gasteiger partial charge in [0.15, 0.2) is 0 Å². The minimum absolute atomic E-state index is 0. The van der Waals surface area contributed by atoms with Crippen molar-refractivity contribution in [2.75, 3.05) is 6.61 Å². The minimum Gasteiger partial charge on any atom is -0.344 e. The van der Waals surface area contributed by atoms with Gasteiger partial charge in [-0.2, -0.15) is 0 Å². The predicted molar refractivity (Wildman–Crippen MR) is 57.7 cm³/mol. The van der Waals surface area contributed by atoms with Crippen molar-refractivity contribution >= 4 is 12.4 Å². The van der Waals surface area contributed by atoms with Crippen LogP contribution in [0.2, 0.25) is 0 Å². The molecule has 1 aromatic carbocycles. The van der Waals surface area contributed by atoms with E-state index in [2.05, 4.69) is 12.1 Å². The zero-order chi connectivity index (χ0) is 8.23. The molecule has 1 saturated heterocycles. The van der Waals surface area contributed by atoms with E-state index in [9.17, 15) is 0 Å². The van der Waals surface area contributed by atoms with Gasteiger partial charge < -0.3 is 6.15 Å². The van der Waals surface area contributed by atoms with Gasteiger partial charge in [-0.15, -0.1) is 12.4 Å². The maximum atomic E-state index is 5.16. The lowest BCUT2D eigenvalue weighted by atomic mass is 10.1. The van der Waals surface area contributed by atoms with Crippen LogP contribution in [0.25, 0.3) is 0 Å². The summed E-state index contributed by atoms with van der Waals surface area (Å²) in [7, 11) is 0. The van der Waals surface area contributed by atoms with E-state index in [0.717, 1.165) is 19.4 Å². The van der Waals surface area contributed by atoms with Crippen molar-refractivity contribution in [2.24, 2.45) is 0 Å². The molecule has 0 spiro atoms. The molecule has 1 aliphatic heterocycles. The van der Waals surface area contributed by atoms with Crippen molar-refractivity contribution in [2.45, 2.75) is 18.9 Å². The van der Waals surface area contributed by atoms with E-state index in [4.69, 9.17) is 9.78 Å². The number of hydrogen-bond acceptors (Lipinski definition) is 3. The molecule has 2 rings (SSSR count). The summed E-state index contributed by atoms with van der Waals surface area (Å²) in [4.78, 5) is 10.1. The summed E-state index contributed by atoms with van der Waals surface area (Å²) < 4.78 is 0. The van der Waals surface area contributed by atoms with Crippen molar-refractivity contribution in [3.05, 3.63) is 35.9 Å². The van der Waals surface area contributed by atoms with E-state index >= 15 is 0 Å². The number of hydrogen-bond donors (Lipinski definition) is 1. The first-order valence-electron chi connectivity index (χ1n) is 4.30. The Morgan fingerprint density at radius 1 is 1.14 bits per heavy atom. The monoisotopic (exact) mass is 217 g/mol. The molecule has 1 fully saturated rings. The van der Waals surface area contributed by atoms with Crippen LogP contribution in [-0.2, 0) is 9.78 Å². The van der Waals surface area contributed by atoms with Crippen LogP contribution in [0.5, 0.6) is 0 Å². The molecule has 0 amide bonds. The summed E-state index contributed by atoms with van der Waals surface area (Å²) in [5, 5.41) is 0. The van der Waals surface area contributed by atoms with Gasteiger partial charge in [0.05, 0.1) is 6.61 Å². The van der Waals surface area contributed by atoms with Gasteiger partial charge in [0.1, 0.15) is 6.10 Å². The summed E-state index contributed by atoms with van der Waals surface area (Å²) in [6.07, 6.45) is 2.28. The third kappa shape index (κ3) is 3.27. The quantitative estimate of drug-likeness (QED) is 0.736. The second-order valence-electron chi connectivity index (χ2n) is 2.96. The van der Waals surface area contributed by atoms with Gasteiger partial charge in [-0.05, 0) is 18.4 Å². The van der Waals surface area contributed by atoms with Gasteiger partial charge in [0, 0.05) is 0 Å². The molecular formula is C10H16ClNO2. The Hall–Kier alpha value is -0.610. The first-order valence-corrected chi connectivity index (χ1v) is 4.30. The van der Waals surface area contributed by atoms with Crippen LogP contribution in [0.4, 0.5) is 0 Å². The Morgan fingerprint density at radius 2 is 1.86 bits per heavy atom. The minimum atomic E-state index is 0. The summed E-state index contributed by atoms with van der Waals surface area (Å²) in [5.74, 6) is 0. The normalized spacial score (nSPS) is 20.4. The fourth-order valence-corrected chi connectivity index (χ4v) is 1.40. The third-order valence-electron chi connectivity index (χ3n) is 2.05. The molecule has 80 valence electrons. The molecule has 1 aromatic rings. The Bertz CT molecular complexity index is 237. The molecule has 0 saturated carbocycles. The van der Waals surface area contributed by atoms with Crippen LogP contribution in [0, 0.1) is 0 Å². The molecule has 0 aromatic heterocycles. The van der Waals surface area contributed by atoms with Crippen molar-refractivity contribution < 1.29 is 9.78 Å². The van der Waals surface area contributed by atoms with Crippen LogP contribution in [0.15, 0.2) is 30.3 Å². The van der Waals surface area contributed by atoms with Gasteiger partial charge in [0.2, 0.25) is 0 Å². The second-order valence-corrected chi connectivity index (χ2v) is 2.96. The maximum Gasteiger partial charge on any atom is 0.118 e. The van der Waals surface area contributed by atoms with Crippen molar-refractivity contribution in [1.82, 2.24) is 6.15 Å². The zero-order valence-corrected chi connectivity index (χ0v) is 8.83. The highest BCUT2D eigenvalue weighted by Crippen LogP contribution is 2.25. The fourth-order valence-electron chi connectivity index (χ4n) is 1.40. The lowest BCUT2D eigenvalue weighted by molar-refractivity contribution is -0.348. The highest BCUT2D eigenvalue weighted by molar-refractivity contribution is 5.85. The Kier molecular flexibility index (Phi) is 6.49. The Morgan fingerprint density at radius 3 is 2.43 bits per heavy atom. The van der Waals surface area contributed by atoms with Crippen LogP contribution < -0.4 is 6.15 Å². The van der Waals surface area contributed by atoms with Gasteiger partial charge in [-0.1, -0.05) is 30.3 Å². The molecule has 1 atom stereocenters. The molecule has 3 nitrogen and oxygen atoms in total. The predicted octanol–water partition coefficient (Wildman–Crippen LogP) is 3.05. The third-order valence-corrected chi connectivity index (χ3v) is 2.05. The average molecular weight is 218 g/mol. The molecular weight excluding hydrogens is 202 g/mol. The standard InChI is InChI=1S/C10H12O2.ClH.H3N/c1-2-5-9(6-3-1)10-7-4-8-11-12-10;;/h1-3,5-6,10H,4,7-8H2;1H;1H3. The van der Waals surface area contributed by atoms with E-state index in [1.54, 1.807) is 0 Å². The summed E-state index contributed by atoms with van der Waals surface area (Å²) in [5.41, 5.74) is 1.21. The topological polar surface area (TPSA) is 53.5 Å². The summed E-state index contributed by atoms with van der Waals surface area (Å²) in [6.45, 7) is 0.726. The van der Waals surface area contributed by atoms with Crippen LogP contribution in [0.3, 0.4) is 0 Å². The SMILES string of the molecule is Cl.N.c1ccc(C2CCCOO2)cc1. The lowest BCUT2D eigenvalue weighted by Crippen LogP contribution is -2.12. The van der Waals surface area contributed by atoms with Crippen molar-refractivity contribution in [1.29, 1.82) is 0 Å². The van der Waals surface area contributed by atoms with Gasteiger partial charge >= 0.3 is 0 Å². The second kappa shape index (κ2) is 6.79. The van der Waals surface area contributed by atoms with Crippen molar-refractivity contribution in [3.63, 3.8) is 0 Å². The number of halogens is 1. The molecule has 4 heteroatoms. The van der Waals surface area contributed by atoms with Gasteiger partial charge in [-0.25, -0.2) is 9.78 Å². The average Bonchev–Trinajstić information content (AvgIpc) is 2.21. The van der Waals surface area contributed by atoms with Crippen LogP contribution >= 0.6 is 12.4 Å². The number of benzene rings is 1. The molecule has 14 heavy (non-hydrogen) atoms. The maximum absolute atomic E-state index is 5.16. The van der Waals surface area contributed by atoms with E-state index < -0.39 is 0 Å². The van der Waals surface area contributed by atoms with E-state index in [1.165, 1.54) is 5.56 Å². The largest absolute Gasteiger partial charge is 0.344 e. The fraction of sp³-hybridized carbons (Fsp3) is 0.400. The highest BCUT2D eigenvalue weighted by atomic mass is 35.5. The summed E-state index contributed by atoms with van der Waals surface area (Å²) in [6, 6.07) is 10.2. The van der Waals surface area contributed by atoms with E-state index in [-0.39, 0.29) is 24.7 Å². The first kappa shape index (κ1) is 13.4. The Balaban J connectivity index is 0.000000845. The van der Waals surface area contributed by atoms with E-state index in [0.29, 0.717) is 0 Å². The molecule has 0 bridgehead atoms. The summed E-state index contributed by atoms with van der Waals surface area (Å²) >= 11 is 0. The Labute approximate surface area is 90.3 Å². The highest BCUT2D eigenvalue weighted by Gasteiger charge is 2.16. The number of rotatable bonds is 1. The van der Waals surface area contributed by atoms with Gasteiger partial charge in [0.25, 0.3) is 0 Å². The molecule has 1 heterocycles. The van der Waals surface area contributed by atoms with Gasteiger partial charge in [-0.3, -0.25) is 0 Å². The van der Waals surface area contributed by atoms with Crippen molar-refractivity contribution in [3.8, 4) is 0 Å². The van der Waals surface area contributed by atoms with Crippen LogP contribution in [0.1, 0.15) is 24.5 Å². The molecule has 3 N–H and O–H groups in total. The smallest absolute Gasteiger partial charge is 0.118 e. The lowest BCUT2D eigenvalue weighted by Gasteiger charge is -2.21. The molecule has 0 radical (unpaired) electrons. The van der Waals surface area contributed by atoms with E-state index in [1.807, 2.05) is 18.2 Å². The van der Waals surface area contributed by atoms with Crippen LogP contribution in [-0.4, -0.2) is 6.61 Å². The first-order chi connectivity index (χ1) is 5.97.